The highest BCUT2D eigenvalue weighted by Gasteiger charge is 2.18. The number of H-pyrrole nitrogens is 1. The first-order valence-electron chi connectivity index (χ1n) is 6.83. The van der Waals surface area contributed by atoms with Crippen LogP contribution in [0.25, 0.3) is 0 Å². The lowest BCUT2D eigenvalue weighted by atomic mass is 10.1. The van der Waals surface area contributed by atoms with Gasteiger partial charge in [-0.05, 0) is 31.0 Å². The summed E-state index contributed by atoms with van der Waals surface area (Å²) in [4.78, 5) is 26.3. The highest BCUT2D eigenvalue weighted by molar-refractivity contribution is 5.90. The van der Waals surface area contributed by atoms with Crippen LogP contribution in [0.4, 0.5) is 0 Å². The largest absolute Gasteiger partial charge is 0.448 e. The zero-order valence-corrected chi connectivity index (χ0v) is 11.8. The van der Waals surface area contributed by atoms with E-state index in [1.165, 1.54) is 0 Å². The summed E-state index contributed by atoms with van der Waals surface area (Å²) in [6.07, 6.45) is 1.54. The molecule has 0 radical (unpaired) electrons. The fourth-order valence-corrected chi connectivity index (χ4v) is 1.85. The molecule has 2 aromatic rings. The molecular weight excluding hydrogens is 268 g/mol. The number of carbonyl (C=O) groups is 2. The first kappa shape index (κ1) is 14.8. The van der Waals surface area contributed by atoms with Gasteiger partial charge >= 0.3 is 5.97 Å². The quantitative estimate of drug-likeness (QED) is 0.797. The monoisotopic (exact) mass is 286 g/mol. The molecule has 1 aromatic heterocycles. The van der Waals surface area contributed by atoms with E-state index in [0.717, 1.165) is 12.0 Å². The molecule has 21 heavy (non-hydrogen) atoms. The summed E-state index contributed by atoms with van der Waals surface area (Å²) in [5, 5.41) is 2.76. The maximum atomic E-state index is 11.8. The van der Waals surface area contributed by atoms with Crippen LogP contribution in [-0.2, 0) is 16.0 Å². The highest BCUT2D eigenvalue weighted by Crippen LogP contribution is 2.02. The molecule has 1 aromatic carbocycles. The van der Waals surface area contributed by atoms with Crippen LogP contribution in [-0.4, -0.2) is 29.5 Å². The van der Waals surface area contributed by atoms with Crippen molar-refractivity contribution in [1.29, 1.82) is 0 Å². The van der Waals surface area contributed by atoms with Gasteiger partial charge < -0.3 is 15.0 Å². The van der Waals surface area contributed by atoms with Crippen molar-refractivity contribution in [3.8, 4) is 0 Å². The predicted octanol–water partition coefficient (Wildman–Crippen LogP) is 1.92. The molecule has 5 nitrogen and oxygen atoms in total. The molecule has 5 heteroatoms. The van der Waals surface area contributed by atoms with Crippen molar-refractivity contribution in [2.24, 2.45) is 0 Å². The highest BCUT2D eigenvalue weighted by atomic mass is 16.5. The zero-order chi connectivity index (χ0) is 15.1. The Hall–Kier alpha value is -2.56. The fourth-order valence-electron chi connectivity index (χ4n) is 1.85. The predicted molar refractivity (Wildman–Crippen MR) is 78.8 cm³/mol. The van der Waals surface area contributed by atoms with Gasteiger partial charge in [-0.3, -0.25) is 4.79 Å². The van der Waals surface area contributed by atoms with Crippen molar-refractivity contribution in [2.75, 3.05) is 6.54 Å². The summed E-state index contributed by atoms with van der Waals surface area (Å²) in [6.45, 7) is 2.06. The number of nitrogens with one attached hydrogen (secondary N) is 2. The number of ether oxygens (including phenoxy) is 1. The van der Waals surface area contributed by atoms with Crippen LogP contribution in [0, 0.1) is 0 Å². The smallest absolute Gasteiger partial charge is 0.355 e. The summed E-state index contributed by atoms with van der Waals surface area (Å²) in [6, 6.07) is 13.2. The lowest BCUT2D eigenvalue weighted by Gasteiger charge is -2.13. The van der Waals surface area contributed by atoms with Gasteiger partial charge in [0.05, 0.1) is 0 Å². The minimum absolute atomic E-state index is 0.300. The Balaban J connectivity index is 1.74. The summed E-state index contributed by atoms with van der Waals surface area (Å²) < 4.78 is 5.08. The van der Waals surface area contributed by atoms with Crippen molar-refractivity contribution in [3.05, 3.63) is 59.9 Å². The number of benzene rings is 1. The van der Waals surface area contributed by atoms with E-state index in [2.05, 4.69) is 10.3 Å². The third-order valence-corrected chi connectivity index (χ3v) is 3.03. The van der Waals surface area contributed by atoms with Gasteiger partial charge in [0.25, 0.3) is 5.91 Å². The third-order valence-electron chi connectivity index (χ3n) is 3.03. The number of hydrogen-bond acceptors (Lipinski definition) is 3. The van der Waals surface area contributed by atoms with Crippen molar-refractivity contribution < 1.29 is 14.3 Å². The second kappa shape index (κ2) is 7.28. The molecule has 0 saturated heterocycles. The number of rotatable bonds is 6. The van der Waals surface area contributed by atoms with E-state index in [0.29, 0.717) is 12.2 Å². The standard InChI is InChI=1S/C16H18N2O3/c1-12(21-16(20)14-8-5-10-17-14)15(19)18-11-9-13-6-3-2-4-7-13/h2-8,10,12,17H,9,11H2,1H3,(H,18,19)/t12-/m1/s1. The molecule has 2 rings (SSSR count). The van der Waals surface area contributed by atoms with E-state index in [-0.39, 0.29) is 5.91 Å². The van der Waals surface area contributed by atoms with Gasteiger partial charge in [-0.25, -0.2) is 4.79 Å². The molecule has 0 unspecified atom stereocenters. The molecule has 2 N–H and O–H groups in total. The van der Waals surface area contributed by atoms with Crippen LogP contribution in [0.3, 0.4) is 0 Å². The molecule has 0 aliphatic rings. The molecule has 0 aliphatic carbocycles. The van der Waals surface area contributed by atoms with E-state index < -0.39 is 12.1 Å². The zero-order valence-electron chi connectivity index (χ0n) is 11.8. The van der Waals surface area contributed by atoms with E-state index in [1.807, 2.05) is 30.3 Å². The summed E-state index contributed by atoms with van der Waals surface area (Å²) >= 11 is 0. The number of esters is 1. The average molecular weight is 286 g/mol. The molecule has 0 saturated carbocycles. The molecule has 0 bridgehead atoms. The van der Waals surface area contributed by atoms with Gasteiger partial charge in [0.2, 0.25) is 0 Å². The van der Waals surface area contributed by atoms with Gasteiger partial charge in [0, 0.05) is 12.7 Å². The second-order valence-electron chi connectivity index (χ2n) is 4.66. The van der Waals surface area contributed by atoms with Gasteiger partial charge in [-0.1, -0.05) is 30.3 Å². The van der Waals surface area contributed by atoms with Gasteiger partial charge in [-0.2, -0.15) is 0 Å². The fraction of sp³-hybridized carbons (Fsp3) is 0.250. The number of hydrogen-bond donors (Lipinski definition) is 2. The maximum Gasteiger partial charge on any atom is 0.355 e. The number of aromatic nitrogens is 1. The SMILES string of the molecule is C[C@@H](OC(=O)c1ccc[nH]1)C(=O)NCCc1ccccc1. The second-order valence-corrected chi connectivity index (χ2v) is 4.66. The van der Waals surface area contributed by atoms with Crippen LogP contribution < -0.4 is 5.32 Å². The first-order chi connectivity index (χ1) is 10.2. The first-order valence-corrected chi connectivity index (χ1v) is 6.83. The van der Waals surface area contributed by atoms with Crippen LogP contribution in [0.1, 0.15) is 23.0 Å². The molecule has 0 aliphatic heterocycles. The Morgan fingerprint density at radius 1 is 1.19 bits per heavy atom. The van der Waals surface area contributed by atoms with Crippen molar-refractivity contribution >= 4 is 11.9 Å². The van der Waals surface area contributed by atoms with Gasteiger partial charge in [0.15, 0.2) is 6.10 Å². The summed E-state index contributed by atoms with van der Waals surface area (Å²) in [7, 11) is 0. The van der Waals surface area contributed by atoms with Crippen LogP contribution in [0.15, 0.2) is 48.7 Å². The van der Waals surface area contributed by atoms with Gasteiger partial charge in [-0.15, -0.1) is 0 Å². The van der Waals surface area contributed by atoms with E-state index in [1.54, 1.807) is 25.3 Å². The van der Waals surface area contributed by atoms with Crippen LogP contribution >= 0.6 is 0 Å². The van der Waals surface area contributed by atoms with Crippen molar-refractivity contribution in [1.82, 2.24) is 10.3 Å². The lowest BCUT2D eigenvalue weighted by molar-refractivity contribution is -0.129. The average Bonchev–Trinajstić information content (AvgIpc) is 3.02. The van der Waals surface area contributed by atoms with Crippen molar-refractivity contribution in [2.45, 2.75) is 19.4 Å². The number of carbonyl (C=O) groups excluding carboxylic acids is 2. The van der Waals surface area contributed by atoms with E-state index >= 15 is 0 Å². The third kappa shape index (κ3) is 4.49. The minimum atomic E-state index is -0.823. The summed E-state index contributed by atoms with van der Waals surface area (Å²) in [5.74, 6) is -0.837. The van der Waals surface area contributed by atoms with Gasteiger partial charge in [0.1, 0.15) is 5.69 Å². The minimum Gasteiger partial charge on any atom is -0.448 e. The molecule has 110 valence electrons. The molecule has 1 heterocycles. The number of amides is 1. The molecule has 1 amide bonds. The Kier molecular flexibility index (Phi) is 5.15. The van der Waals surface area contributed by atoms with E-state index in [9.17, 15) is 9.59 Å². The molecule has 1 atom stereocenters. The molecular formula is C16H18N2O3. The van der Waals surface area contributed by atoms with Crippen molar-refractivity contribution in [3.63, 3.8) is 0 Å². The Morgan fingerprint density at radius 3 is 2.62 bits per heavy atom. The molecule has 0 spiro atoms. The Bertz CT molecular complexity index is 579. The number of aromatic amines is 1. The van der Waals surface area contributed by atoms with Crippen LogP contribution in [0.5, 0.6) is 0 Å². The topological polar surface area (TPSA) is 71.2 Å². The Morgan fingerprint density at radius 2 is 1.95 bits per heavy atom. The molecule has 0 fully saturated rings. The lowest BCUT2D eigenvalue weighted by Crippen LogP contribution is -2.36. The normalized spacial score (nSPS) is 11.7. The maximum absolute atomic E-state index is 11.8. The summed E-state index contributed by atoms with van der Waals surface area (Å²) in [5.41, 5.74) is 1.48. The van der Waals surface area contributed by atoms with Crippen LogP contribution in [0.2, 0.25) is 0 Å². The Labute approximate surface area is 123 Å². The van der Waals surface area contributed by atoms with E-state index in [4.69, 9.17) is 4.74 Å².